The molecule has 1 saturated heterocycles. The van der Waals surface area contributed by atoms with Gasteiger partial charge in [0, 0.05) is 13.6 Å². The summed E-state index contributed by atoms with van der Waals surface area (Å²) < 4.78 is 31.1. The van der Waals surface area contributed by atoms with E-state index in [0.29, 0.717) is 12.0 Å². The lowest BCUT2D eigenvalue weighted by atomic mass is 10.1. The number of aliphatic carboxylic acids is 1. The first-order chi connectivity index (χ1) is 9.88. The van der Waals surface area contributed by atoms with E-state index in [1.165, 1.54) is 18.0 Å². The second-order valence-electron chi connectivity index (χ2n) is 4.97. The summed E-state index contributed by atoms with van der Waals surface area (Å²) >= 11 is 0. The first kappa shape index (κ1) is 15.4. The molecule has 0 radical (unpaired) electrons. The molecule has 1 aromatic rings. The van der Waals surface area contributed by atoms with Crippen LogP contribution in [0.2, 0.25) is 0 Å². The Kier molecular flexibility index (Phi) is 4.52. The highest BCUT2D eigenvalue weighted by Crippen LogP contribution is 2.22. The smallest absolute Gasteiger partial charge is 0.332 e. The van der Waals surface area contributed by atoms with Gasteiger partial charge in [0.05, 0.1) is 0 Å². The Hall–Kier alpha value is -2.02. The number of rotatable bonds is 4. The molecule has 1 heterocycles. The van der Waals surface area contributed by atoms with Crippen LogP contribution < -0.4 is 0 Å². The highest BCUT2D eigenvalue weighted by molar-refractivity contribution is 5.82. The predicted octanol–water partition coefficient (Wildman–Crippen LogP) is 1.56. The van der Waals surface area contributed by atoms with Crippen molar-refractivity contribution < 1.29 is 28.2 Å². The van der Waals surface area contributed by atoms with Crippen molar-refractivity contribution in [2.45, 2.75) is 31.6 Å². The van der Waals surface area contributed by atoms with Crippen molar-refractivity contribution in [1.29, 1.82) is 0 Å². The molecule has 5 nitrogen and oxygen atoms in total. The number of hydrogen-bond donors (Lipinski definition) is 1. The van der Waals surface area contributed by atoms with Crippen LogP contribution in [-0.2, 0) is 20.9 Å². The number of nitrogens with zero attached hydrogens (tertiary/aromatic N) is 1. The molecule has 0 aromatic heterocycles. The van der Waals surface area contributed by atoms with Crippen molar-refractivity contribution in [2.75, 3.05) is 7.05 Å². The predicted molar refractivity (Wildman–Crippen MR) is 68.4 cm³/mol. The molecule has 0 bridgehead atoms. The summed E-state index contributed by atoms with van der Waals surface area (Å²) in [5.41, 5.74) is 0.442. The molecule has 21 heavy (non-hydrogen) atoms. The SMILES string of the molecule is CN(Cc1ccc(F)c(F)c1)C(=O)C1CCC(C(=O)O)O1. The second-order valence-corrected chi connectivity index (χ2v) is 4.97. The summed E-state index contributed by atoms with van der Waals surface area (Å²) in [6.07, 6.45) is -1.15. The first-order valence-corrected chi connectivity index (χ1v) is 6.45. The molecule has 1 aliphatic heterocycles. The Morgan fingerprint density at radius 2 is 1.95 bits per heavy atom. The Morgan fingerprint density at radius 3 is 2.52 bits per heavy atom. The van der Waals surface area contributed by atoms with Crippen LogP contribution in [-0.4, -0.2) is 41.1 Å². The van der Waals surface area contributed by atoms with Gasteiger partial charge in [-0.1, -0.05) is 6.07 Å². The van der Waals surface area contributed by atoms with Crippen LogP contribution in [0.4, 0.5) is 8.78 Å². The standard InChI is InChI=1S/C14H15F2NO4/c1-17(7-8-2-3-9(15)10(16)6-8)13(18)11-4-5-12(21-11)14(19)20/h2-3,6,11-12H,4-5,7H2,1H3,(H,19,20). The van der Waals surface area contributed by atoms with Crippen LogP contribution >= 0.6 is 0 Å². The lowest BCUT2D eigenvalue weighted by molar-refractivity contribution is -0.154. The maximum atomic E-state index is 13.1. The minimum atomic E-state index is -1.09. The van der Waals surface area contributed by atoms with E-state index in [2.05, 4.69) is 0 Å². The molecule has 0 spiro atoms. The van der Waals surface area contributed by atoms with E-state index in [1.807, 2.05) is 0 Å². The largest absolute Gasteiger partial charge is 0.479 e. The van der Waals surface area contributed by atoms with Gasteiger partial charge in [0.1, 0.15) is 6.10 Å². The molecular formula is C14H15F2NO4. The van der Waals surface area contributed by atoms with Gasteiger partial charge in [-0.05, 0) is 30.5 Å². The Bertz CT molecular complexity index is 564. The number of benzene rings is 1. The molecule has 1 aliphatic rings. The van der Waals surface area contributed by atoms with Crippen molar-refractivity contribution in [3.8, 4) is 0 Å². The van der Waals surface area contributed by atoms with Crippen molar-refractivity contribution in [3.05, 3.63) is 35.4 Å². The van der Waals surface area contributed by atoms with Crippen LogP contribution in [0, 0.1) is 11.6 Å². The zero-order valence-corrected chi connectivity index (χ0v) is 11.4. The molecule has 0 saturated carbocycles. The summed E-state index contributed by atoms with van der Waals surface area (Å²) in [6.45, 7) is 0.0909. The topological polar surface area (TPSA) is 66.8 Å². The fourth-order valence-corrected chi connectivity index (χ4v) is 2.24. The monoisotopic (exact) mass is 299 g/mol. The molecule has 1 fully saturated rings. The molecule has 114 valence electrons. The minimum Gasteiger partial charge on any atom is -0.479 e. The zero-order chi connectivity index (χ0) is 15.6. The fourth-order valence-electron chi connectivity index (χ4n) is 2.24. The summed E-state index contributed by atoms with van der Waals surface area (Å²) in [4.78, 5) is 24.2. The van der Waals surface area contributed by atoms with Crippen LogP contribution in [0.1, 0.15) is 18.4 Å². The molecule has 1 N–H and O–H groups in total. The third kappa shape index (κ3) is 3.55. The normalized spacial score (nSPS) is 21.3. The average molecular weight is 299 g/mol. The Balaban J connectivity index is 1.96. The molecule has 1 amide bonds. The van der Waals surface area contributed by atoms with E-state index in [9.17, 15) is 18.4 Å². The molecule has 0 aliphatic carbocycles. The van der Waals surface area contributed by atoms with Crippen LogP contribution in [0.5, 0.6) is 0 Å². The number of halogens is 2. The van der Waals surface area contributed by atoms with Gasteiger partial charge in [0.25, 0.3) is 5.91 Å². The van der Waals surface area contributed by atoms with Gasteiger partial charge in [-0.3, -0.25) is 4.79 Å². The number of likely N-dealkylation sites (N-methyl/N-ethyl adjacent to an activating group) is 1. The van der Waals surface area contributed by atoms with Gasteiger partial charge in [0.2, 0.25) is 0 Å². The van der Waals surface area contributed by atoms with Gasteiger partial charge in [-0.2, -0.15) is 0 Å². The summed E-state index contributed by atoms with van der Waals surface area (Å²) in [7, 11) is 1.50. The molecule has 1 aromatic carbocycles. The lowest BCUT2D eigenvalue weighted by Crippen LogP contribution is -2.36. The van der Waals surface area contributed by atoms with E-state index in [4.69, 9.17) is 9.84 Å². The Labute approximate surface area is 120 Å². The zero-order valence-electron chi connectivity index (χ0n) is 11.4. The number of carbonyl (C=O) groups excluding carboxylic acids is 1. The number of amides is 1. The number of carboxylic acids is 1. The van der Waals surface area contributed by atoms with Crippen molar-refractivity contribution >= 4 is 11.9 Å². The minimum absolute atomic E-state index is 0.0909. The van der Waals surface area contributed by atoms with E-state index in [0.717, 1.165) is 12.1 Å². The summed E-state index contributed by atoms with van der Waals surface area (Å²) in [5.74, 6) is -3.38. The molecule has 7 heteroatoms. The third-order valence-electron chi connectivity index (χ3n) is 3.35. The number of ether oxygens (including phenoxy) is 1. The van der Waals surface area contributed by atoms with Crippen molar-refractivity contribution in [3.63, 3.8) is 0 Å². The molecular weight excluding hydrogens is 284 g/mol. The van der Waals surface area contributed by atoms with E-state index < -0.39 is 29.8 Å². The second kappa shape index (κ2) is 6.17. The van der Waals surface area contributed by atoms with Gasteiger partial charge in [-0.25, -0.2) is 13.6 Å². The maximum Gasteiger partial charge on any atom is 0.332 e. The maximum absolute atomic E-state index is 13.1. The molecule has 2 unspecified atom stereocenters. The quantitative estimate of drug-likeness (QED) is 0.916. The average Bonchev–Trinajstić information content (AvgIpc) is 2.92. The highest BCUT2D eigenvalue weighted by Gasteiger charge is 2.36. The van der Waals surface area contributed by atoms with Crippen molar-refractivity contribution in [2.24, 2.45) is 0 Å². The van der Waals surface area contributed by atoms with E-state index in [1.54, 1.807) is 0 Å². The summed E-state index contributed by atoms with van der Waals surface area (Å²) in [5, 5.41) is 8.82. The first-order valence-electron chi connectivity index (χ1n) is 6.45. The highest BCUT2D eigenvalue weighted by atomic mass is 19.2. The fraction of sp³-hybridized carbons (Fsp3) is 0.429. The number of carbonyl (C=O) groups is 2. The number of hydrogen-bond acceptors (Lipinski definition) is 3. The van der Waals surface area contributed by atoms with Crippen molar-refractivity contribution in [1.82, 2.24) is 4.90 Å². The lowest BCUT2D eigenvalue weighted by Gasteiger charge is -2.21. The molecule has 2 rings (SSSR count). The van der Waals surface area contributed by atoms with E-state index in [-0.39, 0.29) is 18.9 Å². The summed E-state index contributed by atoms with van der Waals surface area (Å²) in [6, 6.07) is 3.40. The van der Waals surface area contributed by atoms with Gasteiger partial charge in [-0.15, -0.1) is 0 Å². The molecule has 2 atom stereocenters. The van der Waals surface area contributed by atoms with Crippen LogP contribution in [0.3, 0.4) is 0 Å². The van der Waals surface area contributed by atoms with E-state index >= 15 is 0 Å². The van der Waals surface area contributed by atoms with Crippen LogP contribution in [0.25, 0.3) is 0 Å². The van der Waals surface area contributed by atoms with Crippen LogP contribution in [0.15, 0.2) is 18.2 Å². The van der Waals surface area contributed by atoms with Gasteiger partial charge in [0.15, 0.2) is 17.7 Å². The third-order valence-corrected chi connectivity index (χ3v) is 3.35. The number of carboxylic acid groups (broad SMARTS) is 1. The van der Waals surface area contributed by atoms with Gasteiger partial charge < -0.3 is 14.7 Å². The van der Waals surface area contributed by atoms with Gasteiger partial charge >= 0.3 is 5.97 Å². The Morgan fingerprint density at radius 1 is 1.29 bits per heavy atom.